The Hall–Kier alpha value is -2.17. The summed E-state index contributed by atoms with van der Waals surface area (Å²) >= 11 is 0. The van der Waals surface area contributed by atoms with Gasteiger partial charge in [0.15, 0.2) is 5.69 Å². The van der Waals surface area contributed by atoms with Crippen molar-refractivity contribution in [3.05, 3.63) is 23.8 Å². The summed E-state index contributed by atoms with van der Waals surface area (Å²) in [6, 6.07) is 5.66. The average Bonchev–Trinajstić information content (AvgIpc) is 3.13. The van der Waals surface area contributed by atoms with E-state index in [4.69, 9.17) is 0 Å². The van der Waals surface area contributed by atoms with Gasteiger partial charge in [-0.1, -0.05) is 18.2 Å². The Morgan fingerprint density at radius 3 is 2.94 bits per heavy atom. The minimum absolute atomic E-state index is 0.0443. The lowest BCUT2D eigenvalue weighted by Crippen LogP contribution is -1.92. The molecule has 0 atom stereocenters. The van der Waals surface area contributed by atoms with Crippen LogP contribution in [0, 0.1) is 12.8 Å². The third kappa shape index (κ3) is 1.77. The zero-order valence-corrected chi connectivity index (χ0v) is 9.97. The number of hydrogen-bond acceptors (Lipinski definition) is 3. The summed E-state index contributed by atoms with van der Waals surface area (Å²) in [6.07, 6.45) is 1.80. The lowest BCUT2D eigenvalue weighted by atomic mass is 10.1. The van der Waals surface area contributed by atoms with Gasteiger partial charge in [-0.15, -0.1) is 10.2 Å². The summed E-state index contributed by atoms with van der Waals surface area (Å²) in [7, 11) is 0. The van der Waals surface area contributed by atoms with Gasteiger partial charge in [0.25, 0.3) is 5.91 Å². The molecule has 3 rings (SSSR count). The number of rotatable bonds is 2. The van der Waals surface area contributed by atoms with Crippen LogP contribution in [0.25, 0.3) is 10.9 Å². The van der Waals surface area contributed by atoms with Crippen molar-refractivity contribution in [2.45, 2.75) is 19.8 Å². The molecule has 0 saturated heterocycles. The number of aromatic nitrogens is 1. The predicted molar refractivity (Wildman–Crippen MR) is 66.9 cm³/mol. The van der Waals surface area contributed by atoms with Crippen molar-refractivity contribution < 1.29 is 9.90 Å². The second-order valence-electron chi connectivity index (χ2n) is 4.63. The van der Waals surface area contributed by atoms with Gasteiger partial charge >= 0.3 is 0 Å². The standard InChI is InChI=1S/C13H13N3O2/c1-7-3-2-4-9-10(7)14-13(18)11(9)15-16-12(17)8-5-6-8/h2-4,8,14,18H,5-6H2,1H3. The fourth-order valence-corrected chi connectivity index (χ4v) is 1.95. The number of carbonyl (C=O) groups is 1. The monoisotopic (exact) mass is 243 g/mol. The van der Waals surface area contributed by atoms with Crippen molar-refractivity contribution in [2.24, 2.45) is 16.1 Å². The molecule has 1 aromatic carbocycles. The Morgan fingerprint density at radius 2 is 2.22 bits per heavy atom. The molecule has 5 nitrogen and oxygen atoms in total. The van der Waals surface area contributed by atoms with E-state index in [1.165, 1.54) is 0 Å². The van der Waals surface area contributed by atoms with Gasteiger partial charge in [-0.25, -0.2) is 0 Å². The molecule has 1 fully saturated rings. The number of hydrogen-bond donors (Lipinski definition) is 2. The number of aromatic amines is 1. The third-order valence-electron chi connectivity index (χ3n) is 3.17. The van der Waals surface area contributed by atoms with Crippen molar-refractivity contribution in [3.8, 4) is 5.88 Å². The highest BCUT2D eigenvalue weighted by Gasteiger charge is 2.29. The number of azo groups is 1. The van der Waals surface area contributed by atoms with E-state index in [2.05, 4.69) is 15.2 Å². The number of aromatic hydroxyl groups is 1. The molecule has 5 heteroatoms. The molecule has 2 aromatic rings. The Balaban J connectivity index is 2.03. The number of amides is 1. The first kappa shape index (κ1) is 11.0. The van der Waals surface area contributed by atoms with Crippen LogP contribution in [0.5, 0.6) is 5.88 Å². The van der Waals surface area contributed by atoms with Gasteiger partial charge < -0.3 is 10.1 Å². The lowest BCUT2D eigenvalue weighted by molar-refractivity contribution is -0.119. The quantitative estimate of drug-likeness (QED) is 0.794. The van der Waals surface area contributed by atoms with Crippen molar-refractivity contribution in [2.75, 3.05) is 0 Å². The molecule has 92 valence electrons. The van der Waals surface area contributed by atoms with Gasteiger partial charge in [-0.3, -0.25) is 4.79 Å². The molecule has 1 amide bonds. The van der Waals surface area contributed by atoms with Gasteiger partial charge in [0.2, 0.25) is 5.88 Å². The number of para-hydroxylation sites is 1. The summed E-state index contributed by atoms with van der Waals surface area (Å²) in [4.78, 5) is 14.3. The van der Waals surface area contributed by atoms with Crippen molar-refractivity contribution in [3.63, 3.8) is 0 Å². The largest absolute Gasteiger partial charge is 0.493 e. The zero-order chi connectivity index (χ0) is 12.7. The molecule has 2 N–H and O–H groups in total. The Kier molecular flexibility index (Phi) is 2.40. The van der Waals surface area contributed by atoms with Crippen LogP contribution in [0.3, 0.4) is 0 Å². The van der Waals surface area contributed by atoms with Crippen LogP contribution in [-0.4, -0.2) is 16.0 Å². The molecule has 0 spiro atoms. The van der Waals surface area contributed by atoms with Crippen molar-refractivity contribution in [1.29, 1.82) is 0 Å². The number of nitrogens with zero attached hydrogens (tertiary/aromatic N) is 2. The van der Waals surface area contributed by atoms with Crippen molar-refractivity contribution >= 4 is 22.5 Å². The van der Waals surface area contributed by atoms with Gasteiger partial charge in [0.1, 0.15) is 0 Å². The van der Waals surface area contributed by atoms with E-state index in [1.54, 1.807) is 0 Å². The van der Waals surface area contributed by atoms with E-state index in [1.807, 2.05) is 25.1 Å². The molecular weight excluding hydrogens is 230 g/mol. The molecule has 1 aliphatic rings. The molecule has 1 saturated carbocycles. The highest BCUT2D eigenvalue weighted by molar-refractivity contribution is 5.96. The van der Waals surface area contributed by atoms with Gasteiger partial charge in [-0.2, -0.15) is 0 Å². The molecule has 0 aliphatic heterocycles. The summed E-state index contributed by atoms with van der Waals surface area (Å²) < 4.78 is 0. The fourth-order valence-electron chi connectivity index (χ4n) is 1.95. The molecule has 0 unspecified atom stereocenters. The highest BCUT2D eigenvalue weighted by atomic mass is 16.3. The maximum atomic E-state index is 11.5. The van der Waals surface area contributed by atoms with Crippen LogP contribution in [0.2, 0.25) is 0 Å². The second kappa shape index (κ2) is 3.94. The van der Waals surface area contributed by atoms with Crippen LogP contribution >= 0.6 is 0 Å². The number of fused-ring (bicyclic) bond motifs is 1. The number of nitrogens with one attached hydrogen (secondary N) is 1. The van der Waals surface area contributed by atoms with Crippen molar-refractivity contribution in [1.82, 2.24) is 4.98 Å². The Morgan fingerprint density at radius 1 is 1.44 bits per heavy atom. The van der Waals surface area contributed by atoms with E-state index >= 15 is 0 Å². The number of aryl methyl sites for hydroxylation is 1. The second-order valence-corrected chi connectivity index (χ2v) is 4.63. The van der Waals surface area contributed by atoms with E-state index < -0.39 is 0 Å². The fraction of sp³-hybridized carbons (Fsp3) is 0.308. The maximum absolute atomic E-state index is 11.5. The van der Waals surface area contributed by atoms with Crippen LogP contribution < -0.4 is 0 Å². The lowest BCUT2D eigenvalue weighted by Gasteiger charge is -1.94. The number of benzene rings is 1. The van der Waals surface area contributed by atoms with E-state index in [0.717, 1.165) is 29.3 Å². The summed E-state index contributed by atoms with van der Waals surface area (Å²) in [5, 5.41) is 18.1. The van der Waals surface area contributed by atoms with E-state index in [0.29, 0.717) is 5.69 Å². The smallest absolute Gasteiger partial charge is 0.267 e. The highest BCUT2D eigenvalue weighted by Crippen LogP contribution is 2.37. The molecule has 1 aromatic heterocycles. The van der Waals surface area contributed by atoms with Gasteiger partial charge in [-0.05, 0) is 25.3 Å². The first-order valence-electron chi connectivity index (χ1n) is 5.92. The summed E-state index contributed by atoms with van der Waals surface area (Å²) in [5.74, 6) is -0.203. The van der Waals surface area contributed by atoms with E-state index in [-0.39, 0.29) is 17.7 Å². The Bertz CT molecular complexity index is 654. The molecule has 18 heavy (non-hydrogen) atoms. The van der Waals surface area contributed by atoms with Gasteiger partial charge in [0, 0.05) is 11.3 Å². The Labute approximate surface area is 104 Å². The first-order chi connectivity index (χ1) is 8.66. The third-order valence-corrected chi connectivity index (χ3v) is 3.17. The summed E-state index contributed by atoms with van der Waals surface area (Å²) in [6.45, 7) is 1.94. The minimum Gasteiger partial charge on any atom is -0.493 e. The first-order valence-corrected chi connectivity index (χ1v) is 5.92. The molecule has 1 heterocycles. The topological polar surface area (TPSA) is 77.8 Å². The molecule has 1 aliphatic carbocycles. The summed E-state index contributed by atoms with van der Waals surface area (Å²) in [5.41, 5.74) is 2.17. The SMILES string of the molecule is Cc1cccc2c(N=NC(=O)C3CC3)c(O)[nH]c12. The molecule has 0 radical (unpaired) electrons. The maximum Gasteiger partial charge on any atom is 0.267 e. The van der Waals surface area contributed by atoms with Crippen LogP contribution in [0.4, 0.5) is 5.69 Å². The normalized spacial score (nSPS) is 15.6. The van der Waals surface area contributed by atoms with Crippen LogP contribution in [0.1, 0.15) is 18.4 Å². The van der Waals surface area contributed by atoms with Gasteiger partial charge in [0.05, 0.1) is 5.52 Å². The minimum atomic E-state index is -0.198. The molecule has 0 bridgehead atoms. The number of carbonyl (C=O) groups excluding carboxylic acids is 1. The number of H-pyrrole nitrogens is 1. The molecular formula is C13H13N3O2. The zero-order valence-electron chi connectivity index (χ0n) is 9.97. The average molecular weight is 243 g/mol. The van der Waals surface area contributed by atoms with Crippen LogP contribution in [0.15, 0.2) is 28.4 Å². The predicted octanol–water partition coefficient (Wildman–Crippen LogP) is 3.20. The van der Waals surface area contributed by atoms with Crippen LogP contribution in [-0.2, 0) is 4.79 Å². The van der Waals surface area contributed by atoms with E-state index in [9.17, 15) is 9.90 Å².